The number of nitrogens with zero attached hydrogens (tertiary/aromatic N) is 3. The van der Waals surface area contributed by atoms with Crippen LogP contribution in [0.2, 0.25) is 0 Å². The number of aryl methyl sites for hydroxylation is 1. The quantitative estimate of drug-likeness (QED) is 0.399. The molecule has 1 aromatic heterocycles. The van der Waals surface area contributed by atoms with E-state index in [1.165, 1.54) is 17.0 Å². The van der Waals surface area contributed by atoms with Crippen molar-refractivity contribution in [2.45, 2.75) is 100 Å². The Balaban J connectivity index is 1.28. The van der Waals surface area contributed by atoms with Crippen molar-refractivity contribution in [2.75, 3.05) is 6.54 Å². The molecule has 6 rings (SSSR count). The number of benzene rings is 1. The van der Waals surface area contributed by atoms with Crippen LogP contribution < -0.4 is 20.5 Å². The Hall–Kier alpha value is -3.65. The Labute approximate surface area is 261 Å². The fourth-order valence-corrected chi connectivity index (χ4v) is 7.64. The van der Waals surface area contributed by atoms with Crippen LogP contribution in [0.25, 0.3) is 11.0 Å². The number of hydrogen-bond donors (Lipinski definition) is 3. The van der Waals surface area contributed by atoms with E-state index in [0.717, 1.165) is 25.7 Å². The van der Waals surface area contributed by atoms with Crippen molar-refractivity contribution in [3.63, 3.8) is 0 Å². The highest BCUT2D eigenvalue weighted by Gasteiger charge is 2.62. The summed E-state index contributed by atoms with van der Waals surface area (Å²) in [6.07, 6.45) is 8.60. The highest BCUT2D eigenvalue weighted by atomic mass is 32.2. The molecule has 5 atom stereocenters. The van der Waals surface area contributed by atoms with Gasteiger partial charge in [-0.15, -0.1) is 0 Å². The van der Waals surface area contributed by atoms with Gasteiger partial charge < -0.3 is 20.7 Å². The number of rotatable bonds is 6. The highest BCUT2D eigenvalue weighted by molar-refractivity contribution is 7.91. The first kappa shape index (κ1) is 31.3. The standard InChI is InChI=1S/C31H39FN6O6S/c1-2-23-28(35-25-14-19(32)10-13-24(25)34-23)44-20-15-26-27(39)36-31(30(41)37-45(42,43)21-11-12-21)16-18(31)8-6-4-3-5-7-9-22(33)29(40)38(26)17-20/h6,8,10,13-14,18,20-22,26H,2-5,7,9,11-12,15-17,33H2,1H3,(H,36,39)(H,37,41)/b8-6-/t18-,20-,22+,26+,31-/m1/s1. The van der Waals surface area contributed by atoms with E-state index >= 15 is 0 Å². The van der Waals surface area contributed by atoms with E-state index in [4.69, 9.17) is 10.5 Å². The van der Waals surface area contributed by atoms with Gasteiger partial charge in [-0.2, -0.15) is 0 Å². The number of allylic oxidation sites excluding steroid dienone is 1. The average Bonchev–Trinajstić information content (AvgIpc) is 3.92. The Morgan fingerprint density at radius 2 is 1.98 bits per heavy atom. The molecule has 4 N–H and O–H groups in total. The Kier molecular flexibility index (Phi) is 8.55. The molecule has 0 radical (unpaired) electrons. The summed E-state index contributed by atoms with van der Waals surface area (Å²) in [6, 6.07) is 2.26. The maximum Gasteiger partial charge on any atom is 0.259 e. The lowest BCUT2D eigenvalue weighted by atomic mass is 10.1. The van der Waals surface area contributed by atoms with Crippen molar-refractivity contribution in [3.05, 3.63) is 41.9 Å². The Morgan fingerprint density at radius 3 is 2.73 bits per heavy atom. The number of carbonyl (C=O) groups excluding carboxylic acids is 3. The van der Waals surface area contributed by atoms with Crippen molar-refractivity contribution in [2.24, 2.45) is 11.7 Å². The van der Waals surface area contributed by atoms with Crippen molar-refractivity contribution in [1.82, 2.24) is 24.9 Å². The predicted molar refractivity (Wildman–Crippen MR) is 163 cm³/mol. The second kappa shape index (κ2) is 12.3. The molecule has 2 aromatic rings. The molecule has 0 spiro atoms. The third kappa shape index (κ3) is 6.53. The van der Waals surface area contributed by atoms with Crippen molar-refractivity contribution < 1.29 is 31.9 Å². The zero-order valence-corrected chi connectivity index (χ0v) is 26.0. The number of halogens is 1. The number of aromatic nitrogens is 2. The van der Waals surface area contributed by atoms with Gasteiger partial charge in [0.15, 0.2) is 0 Å². The van der Waals surface area contributed by atoms with Gasteiger partial charge in [0.05, 0.1) is 28.9 Å². The minimum atomic E-state index is -3.84. The second-order valence-electron chi connectivity index (χ2n) is 12.6. The van der Waals surface area contributed by atoms with Crippen LogP contribution in [0.1, 0.15) is 70.4 Å². The number of nitrogens with one attached hydrogen (secondary N) is 2. The number of hydrogen-bond acceptors (Lipinski definition) is 9. The van der Waals surface area contributed by atoms with E-state index < -0.39 is 62.5 Å². The van der Waals surface area contributed by atoms with Crippen LogP contribution in [-0.4, -0.2) is 76.5 Å². The largest absolute Gasteiger partial charge is 0.471 e. The van der Waals surface area contributed by atoms with Crippen LogP contribution in [0.5, 0.6) is 5.88 Å². The van der Waals surface area contributed by atoms with Crippen LogP contribution in [-0.2, 0) is 30.8 Å². The summed E-state index contributed by atoms with van der Waals surface area (Å²) in [4.78, 5) is 51.5. The van der Waals surface area contributed by atoms with Gasteiger partial charge in [0.1, 0.15) is 29.2 Å². The SMILES string of the molecule is CCc1nc2ccc(F)cc2nc1O[C@@H]1C[C@H]2C(=O)N[C@]3(C(=O)NS(=O)(=O)C4CC4)C[C@H]3/C=C\CCCCC[C@H](N)C(=O)N2C1. The third-order valence-corrected chi connectivity index (χ3v) is 11.0. The summed E-state index contributed by atoms with van der Waals surface area (Å²) >= 11 is 0. The van der Waals surface area contributed by atoms with Gasteiger partial charge in [-0.1, -0.05) is 31.9 Å². The predicted octanol–water partition coefficient (Wildman–Crippen LogP) is 2.01. The van der Waals surface area contributed by atoms with Crippen LogP contribution in [0.3, 0.4) is 0 Å². The number of nitrogens with two attached hydrogens (primary N) is 1. The molecule has 0 unspecified atom stereocenters. The number of fused-ring (bicyclic) bond motifs is 3. The van der Waals surface area contributed by atoms with Crippen LogP contribution in [0, 0.1) is 11.7 Å². The zero-order chi connectivity index (χ0) is 31.9. The normalized spacial score (nSPS) is 30.0. The fraction of sp³-hybridized carbons (Fsp3) is 0.581. The molecule has 1 aromatic carbocycles. The average molecular weight is 643 g/mol. The monoisotopic (exact) mass is 642 g/mol. The number of carbonyl (C=O) groups is 3. The van der Waals surface area contributed by atoms with E-state index in [0.29, 0.717) is 42.4 Å². The minimum absolute atomic E-state index is 0.0369. The number of ether oxygens (including phenoxy) is 1. The maximum atomic E-state index is 14.0. The van der Waals surface area contributed by atoms with Gasteiger partial charge in [-0.3, -0.25) is 19.1 Å². The smallest absolute Gasteiger partial charge is 0.259 e. The molecule has 12 nitrogen and oxygen atoms in total. The molecule has 3 fully saturated rings. The van der Waals surface area contributed by atoms with Gasteiger partial charge in [0.2, 0.25) is 27.7 Å². The van der Waals surface area contributed by atoms with Gasteiger partial charge in [-0.25, -0.2) is 22.8 Å². The first-order chi connectivity index (χ1) is 21.5. The van der Waals surface area contributed by atoms with E-state index in [9.17, 15) is 27.2 Å². The summed E-state index contributed by atoms with van der Waals surface area (Å²) in [5.41, 5.74) is 6.25. The van der Waals surface area contributed by atoms with Gasteiger partial charge >= 0.3 is 0 Å². The molecule has 0 bridgehead atoms. The summed E-state index contributed by atoms with van der Waals surface area (Å²) in [6.45, 7) is 1.92. The second-order valence-corrected chi connectivity index (χ2v) is 14.5. The summed E-state index contributed by atoms with van der Waals surface area (Å²) in [5.74, 6) is -2.43. The van der Waals surface area contributed by atoms with Crippen molar-refractivity contribution in [1.29, 1.82) is 0 Å². The Morgan fingerprint density at radius 1 is 1.18 bits per heavy atom. The number of amides is 3. The van der Waals surface area contributed by atoms with E-state index in [2.05, 4.69) is 20.0 Å². The molecule has 2 aliphatic heterocycles. The van der Waals surface area contributed by atoms with Crippen LogP contribution in [0.15, 0.2) is 30.4 Å². The lowest BCUT2D eigenvalue weighted by Gasteiger charge is -2.28. The van der Waals surface area contributed by atoms with E-state index in [1.807, 2.05) is 19.1 Å². The minimum Gasteiger partial charge on any atom is -0.471 e. The van der Waals surface area contributed by atoms with Crippen molar-refractivity contribution in [3.8, 4) is 5.88 Å². The molecule has 4 aliphatic rings. The van der Waals surface area contributed by atoms with Gasteiger partial charge in [0.25, 0.3) is 5.91 Å². The summed E-state index contributed by atoms with van der Waals surface area (Å²) < 4.78 is 47.7. The first-order valence-electron chi connectivity index (χ1n) is 15.7. The molecule has 2 saturated carbocycles. The molecule has 1 saturated heterocycles. The Bertz CT molecular complexity index is 1650. The molecule has 45 heavy (non-hydrogen) atoms. The van der Waals surface area contributed by atoms with Crippen LogP contribution in [0.4, 0.5) is 4.39 Å². The zero-order valence-electron chi connectivity index (χ0n) is 25.2. The summed E-state index contributed by atoms with van der Waals surface area (Å²) in [7, 11) is -3.84. The third-order valence-electron chi connectivity index (χ3n) is 9.16. The van der Waals surface area contributed by atoms with Gasteiger partial charge in [0, 0.05) is 18.4 Å². The molecule has 3 heterocycles. The molecule has 2 aliphatic carbocycles. The molecular formula is C31H39FN6O6S. The highest BCUT2D eigenvalue weighted by Crippen LogP contribution is 2.46. The first-order valence-corrected chi connectivity index (χ1v) is 17.3. The lowest BCUT2D eigenvalue weighted by molar-refractivity contribution is -0.140. The number of sulfonamides is 1. The maximum absolute atomic E-state index is 14.0. The molecular weight excluding hydrogens is 603 g/mol. The summed E-state index contributed by atoms with van der Waals surface area (Å²) in [5, 5.41) is 2.23. The van der Waals surface area contributed by atoms with E-state index in [1.54, 1.807) is 6.07 Å². The molecule has 3 amide bonds. The van der Waals surface area contributed by atoms with Crippen LogP contribution >= 0.6 is 0 Å². The van der Waals surface area contributed by atoms with E-state index in [-0.39, 0.29) is 31.2 Å². The molecule has 242 valence electrons. The fourth-order valence-electron chi connectivity index (χ4n) is 6.27. The molecule has 14 heteroatoms. The van der Waals surface area contributed by atoms with Gasteiger partial charge in [-0.05, 0) is 57.1 Å². The van der Waals surface area contributed by atoms with Crippen molar-refractivity contribution >= 4 is 38.8 Å². The lowest BCUT2D eigenvalue weighted by Crippen LogP contribution is -2.57. The topological polar surface area (TPSA) is 174 Å².